The maximum absolute atomic E-state index is 12.8. The SMILES string of the molecule is O=C(Nc1ccc(Cl)cc1)Nc1nc(C(=O)N2CCc3ccccc32)cs1. The summed E-state index contributed by atoms with van der Waals surface area (Å²) in [6.07, 6.45) is 0.834. The van der Waals surface area contributed by atoms with Crippen LogP contribution in [0.4, 0.5) is 21.3 Å². The number of nitrogens with one attached hydrogen (secondary N) is 2. The smallest absolute Gasteiger partial charge is 0.308 e. The Balaban J connectivity index is 1.42. The molecule has 0 saturated heterocycles. The summed E-state index contributed by atoms with van der Waals surface area (Å²) >= 11 is 7.03. The van der Waals surface area contributed by atoms with Crippen molar-refractivity contribution >= 4 is 51.4 Å². The highest BCUT2D eigenvalue weighted by molar-refractivity contribution is 7.14. The fraction of sp³-hybridized carbons (Fsp3) is 0.105. The van der Waals surface area contributed by atoms with E-state index in [2.05, 4.69) is 15.6 Å². The Kier molecular flexibility index (Phi) is 4.79. The van der Waals surface area contributed by atoms with E-state index in [4.69, 9.17) is 11.6 Å². The van der Waals surface area contributed by atoms with Crippen LogP contribution in [0.1, 0.15) is 16.1 Å². The molecule has 0 fully saturated rings. The van der Waals surface area contributed by atoms with E-state index in [1.165, 1.54) is 11.3 Å². The van der Waals surface area contributed by atoms with Gasteiger partial charge in [-0.05, 0) is 42.3 Å². The number of fused-ring (bicyclic) bond motifs is 1. The lowest BCUT2D eigenvalue weighted by atomic mass is 10.2. The van der Waals surface area contributed by atoms with Gasteiger partial charge in [-0.3, -0.25) is 10.1 Å². The van der Waals surface area contributed by atoms with Crippen molar-refractivity contribution in [2.45, 2.75) is 6.42 Å². The summed E-state index contributed by atoms with van der Waals surface area (Å²) in [6, 6.07) is 14.2. The Labute approximate surface area is 164 Å². The average Bonchev–Trinajstić information content (AvgIpc) is 3.30. The molecular formula is C19H15ClN4O2S. The van der Waals surface area contributed by atoms with E-state index in [1.54, 1.807) is 34.5 Å². The van der Waals surface area contributed by atoms with Crippen molar-refractivity contribution in [2.75, 3.05) is 22.1 Å². The molecule has 1 aliphatic rings. The van der Waals surface area contributed by atoms with E-state index in [0.717, 1.165) is 17.7 Å². The largest absolute Gasteiger partial charge is 0.325 e. The van der Waals surface area contributed by atoms with Crippen molar-refractivity contribution in [3.63, 3.8) is 0 Å². The number of carbonyl (C=O) groups excluding carboxylic acids is 2. The molecule has 8 heteroatoms. The van der Waals surface area contributed by atoms with Crippen molar-refractivity contribution in [3.05, 3.63) is 70.2 Å². The van der Waals surface area contributed by atoms with Gasteiger partial charge in [-0.15, -0.1) is 11.3 Å². The van der Waals surface area contributed by atoms with E-state index in [-0.39, 0.29) is 5.91 Å². The quantitative estimate of drug-likeness (QED) is 0.674. The number of benzene rings is 2. The highest BCUT2D eigenvalue weighted by Gasteiger charge is 2.26. The van der Waals surface area contributed by atoms with Gasteiger partial charge in [0, 0.05) is 28.3 Å². The summed E-state index contributed by atoms with van der Waals surface area (Å²) in [7, 11) is 0. The van der Waals surface area contributed by atoms with Crippen LogP contribution in [-0.4, -0.2) is 23.5 Å². The van der Waals surface area contributed by atoms with Gasteiger partial charge in [0.25, 0.3) is 5.91 Å². The Bertz CT molecular complexity index is 1000. The molecule has 0 spiro atoms. The van der Waals surface area contributed by atoms with Gasteiger partial charge in [0.2, 0.25) is 0 Å². The zero-order chi connectivity index (χ0) is 18.8. The first kappa shape index (κ1) is 17.5. The molecule has 2 aromatic carbocycles. The number of nitrogens with zero attached hydrogens (tertiary/aromatic N) is 2. The number of amides is 3. The number of carbonyl (C=O) groups is 2. The van der Waals surface area contributed by atoms with Crippen molar-refractivity contribution < 1.29 is 9.59 Å². The second-order valence-electron chi connectivity index (χ2n) is 5.96. The first-order valence-electron chi connectivity index (χ1n) is 8.29. The zero-order valence-corrected chi connectivity index (χ0v) is 15.7. The third kappa shape index (κ3) is 3.79. The second kappa shape index (κ2) is 7.38. The zero-order valence-electron chi connectivity index (χ0n) is 14.1. The van der Waals surface area contributed by atoms with Gasteiger partial charge in [-0.2, -0.15) is 0 Å². The highest BCUT2D eigenvalue weighted by atomic mass is 35.5. The standard InChI is InChI=1S/C19H15ClN4O2S/c20-13-5-7-14(8-6-13)21-18(26)23-19-22-15(11-27-19)17(25)24-10-9-12-3-1-2-4-16(12)24/h1-8,11H,9-10H2,(H2,21,22,23,26). The third-order valence-electron chi connectivity index (χ3n) is 4.18. The predicted molar refractivity (Wildman–Crippen MR) is 108 cm³/mol. The van der Waals surface area contributed by atoms with Crippen molar-refractivity contribution in [3.8, 4) is 0 Å². The maximum atomic E-state index is 12.8. The first-order valence-corrected chi connectivity index (χ1v) is 9.55. The number of urea groups is 1. The van der Waals surface area contributed by atoms with Gasteiger partial charge in [-0.1, -0.05) is 29.8 Å². The number of rotatable bonds is 3. The molecule has 1 aliphatic heterocycles. The van der Waals surface area contributed by atoms with E-state index in [9.17, 15) is 9.59 Å². The molecule has 2 N–H and O–H groups in total. The Morgan fingerprint density at radius 2 is 1.85 bits per heavy atom. The minimum Gasteiger partial charge on any atom is -0.308 e. The minimum atomic E-state index is -0.433. The molecule has 3 amide bonds. The van der Waals surface area contributed by atoms with Gasteiger partial charge in [-0.25, -0.2) is 9.78 Å². The van der Waals surface area contributed by atoms with Crippen molar-refractivity contribution in [1.82, 2.24) is 4.98 Å². The molecule has 3 aromatic rings. The van der Waals surface area contributed by atoms with E-state index in [0.29, 0.717) is 28.1 Å². The Morgan fingerprint density at radius 1 is 1.07 bits per heavy atom. The van der Waals surface area contributed by atoms with Crippen LogP contribution in [0.5, 0.6) is 0 Å². The second-order valence-corrected chi connectivity index (χ2v) is 7.25. The average molecular weight is 399 g/mol. The summed E-state index contributed by atoms with van der Waals surface area (Å²) in [6.45, 7) is 0.634. The van der Waals surface area contributed by atoms with Gasteiger partial charge in [0.15, 0.2) is 5.13 Å². The molecule has 27 heavy (non-hydrogen) atoms. The molecule has 6 nitrogen and oxygen atoms in total. The fourth-order valence-electron chi connectivity index (χ4n) is 2.91. The number of para-hydroxylation sites is 1. The fourth-order valence-corrected chi connectivity index (χ4v) is 3.71. The first-order chi connectivity index (χ1) is 13.1. The number of anilines is 3. The van der Waals surface area contributed by atoms with E-state index in [1.807, 2.05) is 24.3 Å². The molecular weight excluding hydrogens is 384 g/mol. The Hall–Kier alpha value is -2.90. The lowest BCUT2D eigenvalue weighted by Gasteiger charge is -2.15. The van der Waals surface area contributed by atoms with Crippen LogP contribution in [0.15, 0.2) is 53.9 Å². The topological polar surface area (TPSA) is 74.3 Å². The lowest BCUT2D eigenvalue weighted by Crippen LogP contribution is -2.29. The van der Waals surface area contributed by atoms with E-state index >= 15 is 0 Å². The summed E-state index contributed by atoms with van der Waals surface area (Å²) in [5, 5.41) is 7.93. The molecule has 4 rings (SSSR count). The number of hydrogen-bond acceptors (Lipinski definition) is 4. The van der Waals surface area contributed by atoms with Gasteiger partial charge in [0.05, 0.1) is 0 Å². The van der Waals surface area contributed by atoms with Gasteiger partial charge in [0.1, 0.15) is 5.69 Å². The van der Waals surface area contributed by atoms with Crippen LogP contribution >= 0.6 is 22.9 Å². The van der Waals surface area contributed by atoms with Gasteiger partial charge >= 0.3 is 6.03 Å². The lowest BCUT2D eigenvalue weighted by molar-refractivity contribution is 0.0985. The van der Waals surface area contributed by atoms with Gasteiger partial charge < -0.3 is 10.2 Å². The molecule has 1 aromatic heterocycles. The number of thiazole rings is 1. The molecule has 0 saturated carbocycles. The molecule has 2 heterocycles. The van der Waals surface area contributed by atoms with Crippen LogP contribution in [0, 0.1) is 0 Å². The minimum absolute atomic E-state index is 0.164. The van der Waals surface area contributed by atoms with Crippen LogP contribution in [0.3, 0.4) is 0 Å². The summed E-state index contributed by atoms with van der Waals surface area (Å²) in [5.41, 5.74) is 3.00. The highest BCUT2D eigenvalue weighted by Crippen LogP contribution is 2.29. The van der Waals surface area contributed by atoms with Crippen LogP contribution in [0.25, 0.3) is 0 Å². The van der Waals surface area contributed by atoms with Crippen molar-refractivity contribution in [1.29, 1.82) is 0 Å². The molecule has 0 bridgehead atoms. The van der Waals surface area contributed by atoms with Crippen molar-refractivity contribution in [2.24, 2.45) is 0 Å². The predicted octanol–water partition coefficient (Wildman–Crippen LogP) is 4.64. The van der Waals surface area contributed by atoms with Crippen LogP contribution in [-0.2, 0) is 6.42 Å². The molecule has 0 atom stereocenters. The summed E-state index contributed by atoms with van der Waals surface area (Å²) < 4.78 is 0. The normalized spacial score (nSPS) is 12.6. The summed E-state index contributed by atoms with van der Waals surface area (Å²) in [4.78, 5) is 30.8. The Morgan fingerprint density at radius 3 is 2.67 bits per heavy atom. The number of halogens is 1. The monoisotopic (exact) mass is 398 g/mol. The van der Waals surface area contributed by atoms with Crippen LogP contribution in [0.2, 0.25) is 5.02 Å². The van der Waals surface area contributed by atoms with Crippen LogP contribution < -0.4 is 15.5 Å². The third-order valence-corrected chi connectivity index (χ3v) is 5.19. The molecule has 0 radical (unpaired) electrons. The number of aromatic nitrogens is 1. The number of hydrogen-bond donors (Lipinski definition) is 2. The molecule has 136 valence electrons. The maximum Gasteiger partial charge on any atom is 0.325 e. The van der Waals surface area contributed by atoms with E-state index < -0.39 is 6.03 Å². The molecule has 0 unspecified atom stereocenters. The summed E-state index contributed by atoms with van der Waals surface area (Å²) in [5.74, 6) is -0.164. The molecule has 0 aliphatic carbocycles.